The van der Waals surface area contributed by atoms with E-state index in [1.54, 1.807) is 0 Å². The van der Waals surface area contributed by atoms with Gasteiger partial charge in [-0.2, -0.15) is 0 Å². The van der Waals surface area contributed by atoms with Crippen molar-refractivity contribution in [2.45, 2.75) is 79.1 Å². The molecule has 1 atom stereocenters. The van der Waals surface area contributed by atoms with Gasteiger partial charge in [0.15, 0.2) is 0 Å². The van der Waals surface area contributed by atoms with E-state index in [1.807, 2.05) is 6.92 Å². The summed E-state index contributed by atoms with van der Waals surface area (Å²) < 4.78 is 0. The molecule has 0 aromatic heterocycles. The first-order chi connectivity index (χ1) is 9.34. The Bertz CT molecular complexity index is 255. The first-order valence-electron chi connectivity index (χ1n) is 7.79. The molecule has 0 aliphatic carbocycles. The van der Waals surface area contributed by atoms with E-state index in [9.17, 15) is 9.59 Å². The topological polar surface area (TPSA) is 74.6 Å². The molecule has 0 fully saturated rings. The molecule has 0 bridgehead atoms. The van der Waals surface area contributed by atoms with Crippen LogP contribution in [0.25, 0.3) is 0 Å². The summed E-state index contributed by atoms with van der Waals surface area (Å²) in [4.78, 5) is 20.5. The smallest absolute Gasteiger partial charge is 0.306 e. The van der Waals surface area contributed by atoms with Crippen molar-refractivity contribution in [3.63, 3.8) is 0 Å². The minimum Gasteiger partial charge on any atom is -0.481 e. The Balaban J connectivity index is -0.000000295. The van der Waals surface area contributed by atoms with Crippen LogP contribution in [0.2, 0.25) is 0 Å². The molecule has 0 aliphatic rings. The van der Waals surface area contributed by atoms with Crippen LogP contribution < -0.4 is 0 Å². The van der Waals surface area contributed by atoms with Crippen molar-refractivity contribution in [1.29, 1.82) is 0 Å². The molecular formula is C16H32CoO4. The molecule has 0 aromatic rings. The van der Waals surface area contributed by atoms with Crippen molar-refractivity contribution in [3.8, 4) is 0 Å². The first-order valence-corrected chi connectivity index (χ1v) is 7.79. The van der Waals surface area contributed by atoms with Gasteiger partial charge in [0.2, 0.25) is 0 Å². The number of carboxylic acids is 2. The van der Waals surface area contributed by atoms with Gasteiger partial charge < -0.3 is 10.2 Å². The normalized spacial score (nSPS) is 11.1. The summed E-state index contributed by atoms with van der Waals surface area (Å²) in [6.07, 6.45) is 7.06. The van der Waals surface area contributed by atoms with Gasteiger partial charge in [-0.25, -0.2) is 0 Å². The third kappa shape index (κ3) is 21.9. The first kappa shape index (κ1) is 25.4. The zero-order valence-electron chi connectivity index (χ0n) is 13.9. The van der Waals surface area contributed by atoms with Crippen LogP contribution in [-0.4, -0.2) is 22.2 Å². The molecule has 0 spiro atoms. The quantitative estimate of drug-likeness (QED) is 0.568. The maximum atomic E-state index is 10.4. The summed E-state index contributed by atoms with van der Waals surface area (Å²) in [6, 6.07) is 0. The van der Waals surface area contributed by atoms with E-state index in [0.29, 0.717) is 12.3 Å². The van der Waals surface area contributed by atoms with E-state index in [2.05, 4.69) is 20.8 Å². The SMILES string of the molecule is CC(C)CCCCC(=O)O.CCCCC(CC)C(=O)O.[Co]. The van der Waals surface area contributed by atoms with E-state index < -0.39 is 11.9 Å². The zero-order chi connectivity index (χ0) is 16.0. The average Bonchev–Trinajstić information content (AvgIpc) is 2.35. The standard InChI is InChI=1S/2C8H16O2.Co/c1-7(2)5-3-4-6-8(9)10;1-3-5-6-7(4-2)8(9)10;/h2*7H,3-6H2,1-2H3,(H,9,10);. The Morgan fingerprint density at radius 1 is 0.952 bits per heavy atom. The fourth-order valence-corrected chi connectivity index (χ4v) is 1.78. The molecule has 0 aliphatic heterocycles. The Kier molecular flexibility index (Phi) is 21.2. The van der Waals surface area contributed by atoms with Crippen LogP contribution in [-0.2, 0) is 26.4 Å². The molecule has 0 heterocycles. The van der Waals surface area contributed by atoms with Crippen LogP contribution in [0.1, 0.15) is 79.1 Å². The molecule has 21 heavy (non-hydrogen) atoms. The van der Waals surface area contributed by atoms with E-state index in [0.717, 1.165) is 44.9 Å². The minimum absolute atomic E-state index is 0. The molecule has 2 N–H and O–H groups in total. The van der Waals surface area contributed by atoms with Gasteiger partial charge in [0.1, 0.15) is 0 Å². The molecule has 0 saturated heterocycles. The van der Waals surface area contributed by atoms with Gasteiger partial charge >= 0.3 is 11.9 Å². The third-order valence-corrected chi connectivity index (χ3v) is 3.17. The van der Waals surface area contributed by atoms with Crippen molar-refractivity contribution in [2.75, 3.05) is 0 Å². The monoisotopic (exact) mass is 347 g/mol. The van der Waals surface area contributed by atoms with Gasteiger partial charge in [-0.05, 0) is 25.2 Å². The predicted molar refractivity (Wildman–Crippen MR) is 81.9 cm³/mol. The van der Waals surface area contributed by atoms with Gasteiger partial charge in [0.05, 0.1) is 5.92 Å². The number of carbonyl (C=O) groups is 2. The molecule has 0 aromatic carbocycles. The number of unbranched alkanes of at least 4 members (excludes halogenated alkanes) is 2. The largest absolute Gasteiger partial charge is 0.481 e. The number of hydrogen-bond acceptors (Lipinski definition) is 2. The number of aliphatic carboxylic acids is 2. The number of carboxylic acid groups (broad SMARTS) is 2. The van der Waals surface area contributed by atoms with E-state index in [4.69, 9.17) is 10.2 Å². The molecule has 1 unspecified atom stereocenters. The van der Waals surface area contributed by atoms with Crippen molar-refractivity contribution in [3.05, 3.63) is 0 Å². The Morgan fingerprint density at radius 3 is 1.86 bits per heavy atom. The third-order valence-electron chi connectivity index (χ3n) is 3.17. The second-order valence-corrected chi connectivity index (χ2v) is 5.62. The minimum atomic E-state index is -0.677. The molecule has 5 heteroatoms. The van der Waals surface area contributed by atoms with E-state index in [-0.39, 0.29) is 22.7 Å². The summed E-state index contributed by atoms with van der Waals surface area (Å²) in [5, 5.41) is 16.9. The van der Waals surface area contributed by atoms with E-state index >= 15 is 0 Å². The number of hydrogen-bond donors (Lipinski definition) is 2. The van der Waals surface area contributed by atoms with Crippen molar-refractivity contribution >= 4 is 11.9 Å². The molecule has 1 radical (unpaired) electrons. The summed E-state index contributed by atoms with van der Waals surface area (Å²) in [7, 11) is 0. The van der Waals surface area contributed by atoms with Crippen LogP contribution in [0.5, 0.6) is 0 Å². The van der Waals surface area contributed by atoms with Crippen molar-refractivity contribution in [1.82, 2.24) is 0 Å². The summed E-state index contributed by atoms with van der Waals surface area (Å²) in [5.74, 6) is -0.728. The van der Waals surface area contributed by atoms with E-state index in [1.165, 1.54) is 0 Å². The summed E-state index contributed by atoms with van der Waals surface area (Å²) >= 11 is 0. The Hall–Kier alpha value is -0.554. The fourth-order valence-electron chi connectivity index (χ4n) is 1.78. The van der Waals surface area contributed by atoms with Crippen LogP contribution >= 0.6 is 0 Å². The van der Waals surface area contributed by atoms with Crippen molar-refractivity contribution < 1.29 is 36.6 Å². The predicted octanol–water partition coefficient (Wildman–Crippen LogP) is 4.57. The Labute approximate surface area is 139 Å². The molecule has 0 saturated carbocycles. The molecule has 129 valence electrons. The maximum absolute atomic E-state index is 10.4. The molecule has 4 nitrogen and oxygen atoms in total. The van der Waals surface area contributed by atoms with Crippen molar-refractivity contribution in [2.24, 2.45) is 11.8 Å². The summed E-state index contributed by atoms with van der Waals surface area (Å²) in [5.41, 5.74) is 0. The zero-order valence-corrected chi connectivity index (χ0v) is 14.9. The van der Waals surface area contributed by atoms with Gasteiger partial charge in [-0.1, -0.05) is 53.4 Å². The van der Waals surface area contributed by atoms with Gasteiger partial charge in [0, 0.05) is 23.2 Å². The summed E-state index contributed by atoms with van der Waals surface area (Å²) in [6.45, 7) is 8.31. The molecule has 0 rings (SSSR count). The van der Waals surface area contributed by atoms with Crippen LogP contribution in [0.3, 0.4) is 0 Å². The van der Waals surface area contributed by atoms with Crippen LogP contribution in [0, 0.1) is 11.8 Å². The second kappa shape index (κ2) is 17.5. The average molecular weight is 347 g/mol. The fraction of sp³-hybridized carbons (Fsp3) is 0.875. The molecule has 0 amide bonds. The van der Waals surface area contributed by atoms with Gasteiger partial charge in [0.25, 0.3) is 0 Å². The number of rotatable bonds is 10. The maximum Gasteiger partial charge on any atom is 0.306 e. The van der Waals surface area contributed by atoms with Gasteiger partial charge in [-0.15, -0.1) is 0 Å². The van der Waals surface area contributed by atoms with Gasteiger partial charge in [-0.3, -0.25) is 9.59 Å². The Morgan fingerprint density at radius 2 is 1.52 bits per heavy atom. The second-order valence-electron chi connectivity index (χ2n) is 5.62. The molecular weight excluding hydrogens is 315 g/mol. The van der Waals surface area contributed by atoms with Crippen LogP contribution in [0.4, 0.5) is 0 Å². The van der Waals surface area contributed by atoms with Crippen LogP contribution in [0.15, 0.2) is 0 Å².